The van der Waals surface area contributed by atoms with Crippen LogP contribution in [0, 0.1) is 0 Å². The van der Waals surface area contributed by atoms with Gasteiger partial charge in [-0.25, -0.2) is 0 Å². The second kappa shape index (κ2) is 9.18. The molecule has 0 aromatic heterocycles. The van der Waals surface area contributed by atoms with E-state index in [-0.39, 0.29) is 0 Å². The maximum Gasteiger partial charge on any atom is 0.173 e. The molecule has 116 valence electrons. The van der Waals surface area contributed by atoms with E-state index < -0.39 is 16.6 Å². The minimum Gasteiger partial charge on any atom is -0.455 e. The van der Waals surface area contributed by atoms with Crippen LogP contribution in [0.15, 0.2) is 0 Å². The summed E-state index contributed by atoms with van der Waals surface area (Å²) in [6, 6.07) is 2.70. The molecule has 0 radical (unpaired) electrons. The molecule has 1 nitrogen and oxygen atoms in total. The predicted octanol–water partition coefficient (Wildman–Crippen LogP) is 3.95. The van der Waals surface area contributed by atoms with E-state index in [1.54, 1.807) is 0 Å². The summed E-state index contributed by atoms with van der Waals surface area (Å²) in [4.78, 5) is 0. The highest BCUT2D eigenvalue weighted by Gasteiger charge is 2.32. The van der Waals surface area contributed by atoms with Crippen LogP contribution in [0.5, 0.6) is 0 Å². The van der Waals surface area contributed by atoms with Crippen molar-refractivity contribution in [3.8, 4) is 0 Å². The van der Waals surface area contributed by atoms with Crippen molar-refractivity contribution in [1.29, 1.82) is 0 Å². The molecule has 0 spiro atoms. The Morgan fingerprint density at radius 2 is 1.00 bits per heavy atom. The molecular weight excluding hydrogens is 304 g/mol. The van der Waals surface area contributed by atoms with Crippen LogP contribution in [0.3, 0.4) is 0 Å². The minimum atomic E-state index is -1.41. The third-order valence-electron chi connectivity index (χ3n) is 3.22. The van der Waals surface area contributed by atoms with E-state index in [9.17, 15) is 0 Å². The molecule has 0 aliphatic heterocycles. The highest BCUT2D eigenvalue weighted by atomic mass is 32.2. The molecule has 0 aromatic carbocycles. The highest BCUT2D eigenvalue weighted by molar-refractivity contribution is 7.95. The first kappa shape index (κ1) is 20.1. The SMILES string of the molecule is C[S+](C)CCC[Si](C)(C)O[Si](C)(C)CCC[S+](C)C. The van der Waals surface area contributed by atoms with E-state index in [2.05, 4.69) is 51.2 Å². The lowest BCUT2D eigenvalue weighted by atomic mass is 10.6. The number of rotatable bonds is 10. The van der Waals surface area contributed by atoms with Gasteiger partial charge in [0, 0.05) is 0 Å². The van der Waals surface area contributed by atoms with Gasteiger partial charge in [-0.15, -0.1) is 0 Å². The van der Waals surface area contributed by atoms with Gasteiger partial charge in [-0.1, -0.05) is 0 Å². The third kappa shape index (κ3) is 12.5. The van der Waals surface area contributed by atoms with Crippen molar-refractivity contribution in [3.05, 3.63) is 0 Å². The summed E-state index contributed by atoms with van der Waals surface area (Å²) in [7, 11) is -1.64. The zero-order chi connectivity index (χ0) is 15.1. The zero-order valence-electron chi connectivity index (χ0n) is 14.5. The monoisotopic (exact) mass is 340 g/mol. The Kier molecular flexibility index (Phi) is 9.71. The van der Waals surface area contributed by atoms with Crippen molar-refractivity contribution < 1.29 is 4.12 Å². The molecule has 0 aliphatic carbocycles. The topological polar surface area (TPSA) is 9.23 Å². The van der Waals surface area contributed by atoms with Gasteiger partial charge in [0.15, 0.2) is 16.6 Å². The smallest absolute Gasteiger partial charge is 0.173 e. The summed E-state index contributed by atoms with van der Waals surface area (Å²) >= 11 is 0. The first-order valence-corrected chi connectivity index (χ1v) is 18.0. The predicted molar refractivity (Wildman–Crippen MR) is 103 cm³/mol. The number of hydrogen-bond donors (Lipinski definition) is 0. The summed E-state index contributed by atoms with van der Waals surface area (Å²) in [6.45, 7) is 9.70. The van der Waals surface area contributed by atoms with Gasteiger partial charge in [0.05, 0.1) is 25.0 Å². The van der Waals surface area contributed by atoms with E-state index in [0.29, 0.717) is 21.8 Å². The van der Waals surface area contributed by atoms with Crippen molar-refractivity contribution in [3.63, 3.8) is 0 Å². The molecule has 0 fully saturated rings. The van der Waals surface area contributed by atoms with Crippen LogP contribution in [0.2, 0.25) is 38.3 Å². The fourth-order valence-electron chi connectivity index (χ4n) is 2.42. The Labute approximate surface area is 130 Å². The lowest BCUT2D eigenvalue weighted by Crippen LogP contribution is -2.44. The molecule has 0 N–H and O–H groups in total. The van der Waals surface area contributed by atoms with Crippen molar-refractivity contribution in [2.75, 3.05) is 36.5 Å². The molecule has 0 rings (SSSR count). The summed E-state index contributed by atoms with van der Waals surface area (Å²) < 4.78 is 6.67. The first-order chi connectivity index (χ1) is 8.54. The molecule has 19 heavy (non-hydrogen) atoms. The standard InChI is InChI=1S/C14H36OS2Si2/c1-16(2)11-9-13-18(5,6)15-19(7,8)14-10-12-17(3)4/h9-14H2,1-8H3/q+2. The average molecular weight is 341 g/mol. The second-order valence-electron chi connectivity index (χ2n) is 7.21. The molecule has 0 unspecified atom stereocenters. The molecule has 0 atom stereocenters. The van der Waals surface area contributed by atoms with Crippen LogP contribution in [0.1, 0.15) is 12.8 Å². The van der Waals surface area contributed by atoms with E-state index in [4.69, 9.17) is 4.12 Å². The summed E-state index contributed by atoms with van der Waals surface area (Å²) in [5, 5.41) is 0. The van der Waals surface area contributed by atoms with Gasteiger partial charge in [0.25, 0.3) is 0 Å². The van der Waals surface area contributed by atoms with Crippen LogP contribution in [-0.2, 0) is 25.9 Å². The lowest BCUT2D eigenvalue weighted by molar-refractivity contribution is 0.534. The molecule has 0 heterocycles. The maximum absolute atomic E-state index is 6.67. The van der Waals surface area contributed by atoms with Crippen molar-refractivity contribution >= 4 is 38.4 Å². The van der Waals surface area contributed by atoms with Gasteiger partial charge in [0.1, 0.15) is 11.5 Å². The Morgan fingerprint density at radius 3 is 1.26 bits per heavy atom. The first-order valence-electron chi connectivity index (χ1n) is 7.33. The normalized spacial score (nSPS) is 13.6. The minimum absolute atomic E-state index is 0.595. The number of hydrogen-bond acceptors (Lipinski definition) is 1. The van der Waals surface area contributed by atoms with Crippen molar-refractivity contribution in [2.24, 2.45) is 0 Å². The Morgan fingerprint density at radius 1 is 0.684 bits per heavy atom. The molecule has 0 saturated carbocycles. The Balaban J connectivity index is 4.06. The van der Waals surface area contributed by atoms with E-state index >= 15 is 0 Å². The molecule has 0 amide bonds. The van der Waals surface area contributed by atoms with Crippen molar-refractivity contribution in [2.45, 2.75) is 51.1 Å². The van der Waals surface area contributed by atoms with Crippen LogP contribution < -0.4 is 0 Å². The van der Waals surface area contributed by atoms with E-state index in [1.807, 2.05) is 0 Å². The van der Waals surface area contributed by atoms with Gasteiger partial charge in [-0.05, 0) is 72.9 Å². The molecule has 5 heteroatoms. The zero-order valence-corrected chi connectivity index (χ0v) is 18.1. The molecule has 0 bridgehead atoms. The largest absolute Gasteiger partial charge is 0.455 e. The third-order valence-corrected chi connectivity index (χ3v) is 13.0. The summed E-state index contributed by atoms with van der Waals surface area (Å²) in [5.74, 6) is 2.77. The van der Waals surface area contributed by atoms with Crippen LogP contribution in [0.4, 0.5) is 0 Å². The fraction of sp³-hybridized carbons (Fsp3) is 1.00. The summed E-state index contributed by atoms with van der Waals surface area (Å²) in [6.07, 6.45) is 12.1. The summed E-state index contributed by atoms with van der Waals surface area (Å²) in [5.41, 5.74) is 0. The van der Waals surface area contributed by atoms with E-state index in [0.717, 1.165) is 0 Å². The van der Waals surface area contributed by atoms with Crippen LogP contribution >= 0.6 is 0 Å². The fourth-order valence-corrected chi connectivity index (χ4v) is 13.2. The highest BCUT2D eigenvalue weighted by Crippen LogP contribution is 2.24. The second-order valence-corrected chi connectivity index (χ2v) is 20.8. The molecule has 0 aromatic rings. The average Bonchev–Trinajstić information content (AvgIpc) is 2.12. The van der Waals surface area contributed by atoms with Gasteiger partial charge in [-0.3, -0.25) is 0 Å². The Hall–Kier alpha value is 1.09. The van der Waals surface area contributed by atoms with Gasteiger partial charge >= 0.3 is 0 Å². The van der Waals surface area contributed by atoms with Crippen molar-refractivity contribution in [1.82, 2.24) is 0 Å². The van der Waals surface area contributed by atoms with Crippen LogP contribution in [-0.4, -0.2) is 53.2 Å². The maximum atomic E-state index is 6.67. The van der Waals surface area contributed by atoms with Crippen LogP contribution in [0.25, 0.3) is 0 Å². The quantitative estimate of drug-likeness (QED) is 0.432. The Bertz CT molecular complexity index is 220. The van der Waals surface area contributed by atoms with Gasteiger partial charge < -0.3 is 4.12 Å². The van der Waals surface area contributed by atoms with E-state index in [1.165, 1.54) is 36.4 Å². The van der Waals surface area contributed by atoms with Gasteiger partial charge in [0.2, 0.25) is 0 Å². The molecular formula is C14H36OS2Si2+2. The van der Waals surface area contributed by atoms with Gasteiger partial charge in [-0.2, -0.15) is 0 Å². The molecule has 0 aliphatic rings. The molecule has 0 saturated heterocycles. The lowest BCUT2D eigenvalue weighted by Gasteiger charge is -2.34.